The summed E-state index contributed by atoms with van der Waals surface area (Å²) in [6.45, 7) is 1.86. The molecule has 0 spiro atoms. The zero-order valence-electron chi connectivity index (χ0n) is 15.2. The van der Waals surface area contributed by atoms with Crippen molar-refractivity contribution in [3.05, 3.63) is 40.8 Å². The van der Waals surface area contributed by atoms with Crippen molar-refractivity contribution in [3.63, 3.8) is 0 Å². The fourth-order valence-electron chi connectivity index (χ4n) is 4.34. The summed E-state index contributed by atoms with van der Waals surface area (Å²) >= 11 is 1.26. The van der Waals surface area contributed by atoms with Gasteiger partial charge in [-0.25, -0.2) is 0 Å². The summed E-state index contributed by atoms with van der Waals surface area (Å²) < 4.78 is 5.66. The fraction of sp³-hybridized carbons (Fsp3) is 0.350. The van der Waals surface area contributed by atoms with Crippen LogP contribution < -0.4 is 11.1 Å². The zero-order valence-corrected chi connectivity index (χ0v) is 16.0. The van der Waals surface area contributed by atoms with Crippen molar-refractivity contribution in [2.75, 3.05) is 5.32 Å². The molecule has 2 aliphatic rings. The Morgan fingerprint density at radius 3 is 2.39 bits per heavy atom. The molecule has 2 aliphatic heterocycles. The molecule has 0 aliphatic carbocycles. The largest absolute Gasteiger partial charge is 0.481 e. The van der Waals surface area contributed by atoms with Crippen LogP contribution in [-0.4, -0.2) is 35.1 Å². The molecule has 4 rings (SSSR count). The van der Waals surface area contributed by atoms with Gasteiger partial charge in [-0.15, -0.1) is 11.3 Å². The van der Waals surface area contributed by atoms with Gasteiger partial charge in [-0.3, -0.25) is 14.4 Å². The van der Waals surface area contributed by atoms with Gasteiger partial charge in [0, 0.05) is 10.4 Å². The summed E-state index contributed by atoms with van der Waals surface area (Å²) in [6.07, 6.45) is 0.471. The lowest BCUT2D eigenvalue weighted by atomic mass is 9.78. The van der Waals surface area contributed by atoms with Gasteiger partial charge in [0.15, 0.2) is 0 Å². The van der Waals surface area contributed by atoms with Gasteiger partial charge in [-0.2, -0.15) is 0 Å². The van der Waals surface area contributed by atoms with Crippen LogP contribution in [-0.2, 0) is 14.3 Å². The van der Waals surface area contributed by atoms with Crippen molar-refractivity contribution in [2.45, 2.75) is 32.0 Å². The van der Waals surface area contributed by atoms with Gasteiger partial charge in [0.25, 0.3) is 5.91 Å². The molecule has 146 valence electrons. The van der Waals surface area contributed by atoms with Crippen LogP contribution in [0, 0.1) is 18.8 Å². The number of anilines is 1. The second-order valence-corrected chi connectivity index (χ2v) is 8.36. The number of carboxylic acid groups (broad SMARTS) is 1. The average Bonchev–Trinajstić information content (AvgIpc) is 3.34. The number of carbonyl (C=O) groups is 3. The summed E-state index contributed by atoms with van der Waals surface area (Å²) in [5.41, 5.74) is 7.40. The monoisotopic (exact) mass is 400 g/mol. The minimum Gasteiger partial charge on any atom is -0.481 e. The van der Waals surface area contributed by atoms with Crippen LogP contribution in [0.2, 0.25) is 0 Å². The molecule has 0 unspecified atom stereocenters. The maximum atomic E-state index is 13.0. The predicted molar refractivity (Wildman–Crippen MR) is 104 cm³/mol. The number of benzene rings is 1. The first-order valence-corrected chi connectivity index (χ1v) is 9.88. The highest BCUT2D eigenvalue weighted by Gasteiger charge is 2.55. The molecular formula is C20H20N2O5S. The minimum atomic E-state index is -1.03. The number of thiophene rings is 1. The van der Waals surface area contributed by atoms with E-state index in [2.05, 4.69) is 5.32 Å². The maximum absolute atomic E-state index is 13.0. The number of fused-ring (bicyclic) bond motifs is 2. The number of nitrogens with one attached hydrogen (secondary N) is 1. The van der Waals surface area contributed by atoms with E-state index in [1.54, 1.807) is 0 Å². The third-order valence-corrected chi connectivity index (χ3v) is 6.51. The third-order valence-electron chi connectivity index (χ3n) is 5.49. The Morgan fingerprint density at radius 2 is 1.79 bits per heavy atom. The zero-order chi connectivity index (χ0) is 20.0. The van der Waals surface area contributed by atoms with Crippen LogP contribution in [0.25, 0.3) is 11.1 Å². The molecule has 2 saturated heterocycles. The first-order chi connectivity index (χ1) is 13.4. The van der Waals surface area contributed by atoms with Crippen LogP contribution >= 0.6 is 11.3 Å². The van der Waals surface area contributed by atoms with E-state index in [9.17, 15) is 19.5 Å². The lowest BCUT2D eigenvalue weighted by Crippen LogP contribution is -2.41. The number of primary amides is 1. The van der Waals surface area contributed by atoms with Gasteiger partial charge in [0.05, 0.1) is 29.6 Å². The lowest BCUT2D eigenvalue weighted by molar-refractivity contribution is -0.147. The van der Waals surface area contributed by atoms with Gasteiger partial charge in [0.2, 0.25) is 5.91 Å². The second-order valence-electron chi connectivity index (χ2n) is 7.14. The SMILES string of the molecule is Cc1sc(NC(=O)[C@@H]2[C@H](C(=O)O)[C@H]3CC[C@H]2O3)c(C(N)=O)c1-c1ccccc1. The fourth-order valence-corrected chi connectivity index (χ4v) is 5.42. The van der Waals surface area contributed by atoms with Crippen LogP contribution in [0.3, 0.4) is 0 Å². The molecule has 2 bridgehead atoms. The molecule has 4 N–H and O–H groups in total. The molecule has 8 heteroatoms. The number of hydrogen-bond donors (Lipinski definition) is 3. The Hall–Kier alpha value is -2.71. The molecule has 7 nitrogen and oxygen atoms in total. The van der Waals surface area contributed by atoms with Crippen LogP contribution in [0.5, 0.6) is 0 Å². The number of aryl methyl sites for hydroxylation is 1. The van der Waals surface area contributed by atoms with Crippen molar-refractivity contribution in [3.8, 4) is 11.1 Å². The van der Waals surface area contributed by atoms with Crippen molar-refractivity contribution in [1.82, 2.24) is 0 Å². The van der Waals surface area contributed by atoms with Crippen LogP contribution in [0.15, 0.2) is 30.3 Å². The number of carbonyl (C=O) groups excluding carboxylic acids is 2. The Labute approximate surface area is 165 Å². The number of rotatable bonds is 5. The molecule has 28 heavy (non-hydrogen) atoms. The molecule has 4 atom stereocenters. The van der Waals surface area contributed by atoms with Gasteiger partial charge >= 0.3 is 5.97 Å². The first kappa shape index (κ1) is 18.6. The summed E-state index contributed by atoms with van der Waals surface area (Å²) in [5.74, 6) is -3.76. The number of carboxylic acids is 1. The quantitative estimate of drug-likeness (QED) is 0.713. The van der Waals surface area contributed by atoms with Gasteiger partial charge in [-0.1, -0.05) is 30.3 Å². The molecule has 1 aromatic heterocycles. The van der Waals surface area contributed by atoms with E-state index in [4.69, 9.17) is 10.5 Å². The topological polar surface area (TPSA) is 119 Å². The number of amides is 2. The molecule has 0 saturated carbocycles. The highest BCUT2D eigenvalue weighted by Crippen LogP contribution is 2.45. The van der Waals surface area contributed by atoms with Crippen molar-refractivity contribution in [2.24, 2.45) is 17.6 Å². The van der Waals surface area contributed by atoms with Gasteiger partial charge in [-0.05, 0) is 25.3 Å². The van der Waals surface area contributed by atoms with Crippen molar-refractivity contribution < 1.29 is 24.2 Å². The molecule has 2 amide bonds. The molecule has 2 aromatic rings. The van der Waals surface area contributed by atoms with Crippen LogP contribution in [0.1, 0.15) is 28.1 Å². The number of ether oxygens (including phenoxy) is 1. The Bertz CT molecular complexity index is 955. The van der Waals surface area contributed by atoms with Crippen molar-refractivity contribution in [1.29, 1.82) is 0 Å². The molecule has 0 radical (unpaired) electrons. The standard InChI is InChI=1S/C20H20N2O5S/c1-9-13(10-5-3-2-4-6-10)16(17(21)23)19(28-9)22-18(24)14-11-7-8-12(27-11)15(14)20(25)26/h2-6,11-12,14-15H,7-8H2,1H3,(H2,21,23)(H,22,24)(H,25,26)/t11-,12-,14+,15-/m1/s1. The smallest absolute Gasteiger partial charge is 0.310 e. The number of nitrogens with two attached hydrogens (primary N) is 1. The molecule has 2 fully saturated rings. The van der Waals surface area contributed by atoms with Gasteiger partial charge in [0.1, 0.15) is 5.00 Å². The molecule has 1 aromatic carbocycles. The lowest BCUT2D eigenvalue weighted by Gasteiger charge is -2.23. The van der Waals surface area contributed by atoms with E-state index in [0.29, 0.717) is 23.4 Å². The summed E-state index contributed by atoms with van der Waals surface area (Å²) in [5, 5.41) is 12.6. The van der Waals surface area contributed by atoms with E-state index in [0.717, 1.165) is 10.4 Å². The summed E-state index contributed by atoms with van der Waals surface area (Å²) in [6, 6.07) is 9.34. The maximum Gasteiger partial charge on any atom is 0.310 e. The second kappa shape index (κ2) is 7.03. The highest BCUT2D eigenvalue weighted by molar-refractivity contribution is 7.17. The van der Waals surface area contributed by atoms with E-state index >= 15 is 0 Å². The van der Waals surface area contributed by atoms with Gasteiger partial charge < -0.3 is 20.9 Å². The summed E-state index contributed by atoms with van der Waals surface area (Å²) in [7, 11) is 0. The number of hydrogen-bond acceptors (Lipinski definition) is 5. The number of aliphatic carboxylic acids is 1. The Morgan fingerprint density at radius 1 is 1.14 bits per heavy atom. The molecular weight excluding hydrogens is 380 g/mol. The Kier molecular flexibility index (Phi) is 4.68. The van der Waals surface area contributed by atoms with E-state index in [1.165, 1.54) is 11.3 Å². The minimum absolute atomic E-state index is 0.248. The van der Waals surface area contributed by atoms with E-state index in [-0.39, 0.29) is 5.56 Å². The summed E-state index contributed by atoms with van der Waals surface area (Å²) in [4.78, 5) is 37.6. The Balaban J connectivity index is 1.68. The highest BCUT2D eigenvalue weighted by atomic mass is 32.1. The third kappa shape index (κ3) is 2.98. The van der Waals surface area contributed by atoms with Crippen LogP contribution in [0.4, 0.5) is 5.00 Å². The van der Waals surface area contributed by atoms with Crippen molar-refractivity contribution >= 4 is 34.1 Å². The first-order valence-electron chi connectivity index (χ1n) is 9.06. The van der Waals surface area contributed by atoms with E-state index in [1.807, 2.05) is 37.3 Å². The van der Waals surface area contributed by atoms with E-state index < -0.39 is 41.8 Å². The average molecular weight is 400 g/mol. The molecule has 3 heterocycles. The predicted octanol–water partition coefficient (Wildman–Crippen LogP) is 2.64. The normalized spacial score (nSPS) is 25.6.